The lowest BCUT2D eigenvalue weighted by atomic mass is 9.89. The zero-order valence-corrected chi connectivity index (χ0v) is 13.4. The van der Waals surface area contributed by atoms with Gasteiger partial charge >= 0.3 is 5.97 Å². The van der Waals surface area contributed by atoms with Crippen LogP contribution >= 0.6 is 0 Å². The molecule has 1 aromatic carbocycles. The minimum Gasteiger partial charge on any atom is -0.455 e. The van der Waals surface area contributed by atoms with Crippen LogP contribution in [0.15, 0.2) is 24.3 Å². The Bertz CT molecular complexity index is 627. The number of carbonyl (C=O) groups is 2. The van der Waals surface area contributed by atoms with Crippen molar-refractivity contribution in [2.75, 3.05) is 18.1 Å². The van der Waals surface area contributed by atoms with Crippen LogP contribution in [0.1, 0.15) is 37.7 Å². The number of nitrogens with zero attached hydrogens (tertiary/aromatic N) is 1. The van der Waals surface area contributed by atoms with Gasteiger partial charge in [-0.3, -0.25) is 9.59 Å². The minimum atomic E-state index is -0.157. The summed E-state index contributed by atoms with van der Waals surface area (Å²) in [6.45, 7) is 0.586. The highest BCUT2D eigenvalue weighted by Crippen LogP contribution is 2.48. The van der Waals surface area contributed by atoms with E-state index in [1.807, 2.05) is 18.2 Å². The predicted molar refractivity (Wildman–Crippen MR) is 87.0 cm³/mol. The largest absolute Gasteiger partial charge is 0.455 e. The summed E-state index contributed by atoms with van der Waals surface area (Å²) >= 11 is 0. The number of fused-ring (bicyclic) bond motifs is 3. The Morgan fingerprint density at radius 3 is 2.83 bits per heavy atom. The third-order valence-corrected chi connectivity index (χ3v) is 5.79. The van der Waals surface area contributed by atoms with Gasteiger partial charge in [0.15, 0.2) is 6.61 Å². The fourth-order valence-corrected chi connectivity index (χ4v) is 4.64. The average molecular weight is 313 g/mol. The molecule has 3 unspecified atom stereocenters. The minimum absolute atomic E-state index is 0.0372. The first-order valence-electron chi connectivity index (χ1n) is 8.77. The summed E-state index contributed by atoms with van der Waals surface area (Å²) in [7, 11) is 0. The van der Waals surface area contributed by atoms with Crippen LogP contribution in [-0.2, 0) is 20.7 Å². The molecule has 1 amide bonds. The Morgan fingerprint density at radius 1 is 1.17 bits per heavy atom. The number of rotatable bonds is 3. The van der Waals surface area contributed by atoms with E-state index in [0.29, 0.717) is 18.4 Å². The first kappa shape index (κ1) is 14.7. The number of para-hydroxylation sites is 1. The second kappa shape index (κ2) is 5.99. The third-order valence-electron chi connectivity index (χ3n) is 5.79. The number of hydrogen-bond acceptors (Lipinski definition) is 3. The van der Waals surface area contributed by atoms with Crippen molar-refractivity contribution in [2.24, 2.45) is 17.8 Å². The van der Waals surface area contributed by atoms with E-state index < -0.39 is 0 Å². The Kier molecular flexibility index (Phi) is 3.83. The molecule has 1 heterocycles. The lowest BCUT2D eigenvalue weighted by Crippen LogP contribution is -2.39. The van der Waals surface area contributed by atoms with E-state index in [1.54, 1.807) is 4.90 Å². The predicted octanol–water partition coefficient (Wildman–Crippen LogP) is 2.95. The number of esters is 1. The van der Waals surface area contributed by atoms with Gasteiger partial charge in [-0.15, -0.1) is 0 Å². The first-order valence-corrected chi connectivity index (χ1v) is 8.77. The van der Waals surface area contributed by atoms with Crippen molar-refractivity contribution in [1.82, 2.24) is 0 Å². The Labute approximate surface area is 136 Å². The smallest absolute Gasteiger partial charge is 0.309 e. The lowest BCUT2D eigenvalue weighted by Gasteiger charge is -2.29. The number of anilines is 1. The summed E-state index contributed by atoms with van der Waals surface area (Å²) in [6, 6.07) is 7.99. The summed E-state index contributed by atoms with van der Waals surface area (Å²) < 4.78 is 5.38. The highest BCUT2D eigenvalue weighted by molar-refractivity contribution is 5.96. The molecule has 23 heavy (non-hydrogen) atoms. The molecule has 4 heteroatoms. The summed E-state index contributed by atoms with van der Waals surface area (Å²) in [4.78, 5) is 26.5. The number of carbonyl (C=O) groups excluding carboxylic acids is 2. The normalized spacial score (nSPS) is 28.5. The van der Waals surface area contributed by atoms with Crippen LogP contribution < -0.4 is 4.90 Å². The van der Waals surface area contributed by atoms with Crippen molar-refractivity contribution in [3.05, 3.63) is 29.8 Å². The molecule has 2 saturated carbocycles. The average Bonchev–Trinajstić information content (AvgIpc) is 3.22. The quantitative estimate of drug-likeness (QED) is 0.806. The molecule has 122 valence electrons. The van der Waals surface area contributed by atoms with Crippen LogP contribution in [0.2, 0.25) is 0 Å². The van der Waals surface area contributed by atoms with Crippen LogP contribution in [0.5, 0.6) is 0 Å². The van der Waals surface area contributed by atoms with Gasteiger partial charge in [-0.05, 0) is 55.6 Å². The molecular weight excluding hydrogens is 290 g/mol. The SMILES string of the molecule is O=C(OCC(=O)N1CCCc2ccccc21)C1CC2CCC1C2. The molecule has 4 rings (SSSR count). The first-order chi connectivity index (χ1) is 11.2. The van der Waals surface area contributed by atoms with Gasteiger partial charge in [0.2, 0.25) is 0 Å². The van der Waals surface area contributed by atoms with Crippen LogP contribution in [0.4, 0.5) is 5.69 Å². The van der Waals surface area contributed by atoms with E-state index in [0.717, 1.165) is 31.4 Å². The van der Waals surface area contributed by atoms with Gasteiger partial charge in [0, 0.05) is 12.2 Å². The van der Waals surface area contributed by atoms with E-state index in [9.17, 15) is 9.59 Å². The molecule has 0 saturated heterocycles. The Morgan fingerprint density at radius 2 is 2.04 bits per heavy atom. The summed E-state index contributed by atoms with van der Waals surface area (Å²) in [5.41, 5.74) is 2.17. The highest BCUT2D eigenvalue weighted by Gasteiger charge is 2.44. The number of amides is 1. The van der Waals surface area contributed by atoms with E-state index in [4.69, 9.17) is 4.74 Å². The molecule has 4 nitrogen and oxygen atoms in total. The molecule has 0 N–H and O–H groups in total. The summed E-state index contributed by atoms with van der Waals surface area (Å²) in [5.74, 6) is 0.986. The van der Waals surface area contributed by atoms with Gasteiger partial charge in [-0.2, -0.15) is 0 Å². The number of hydrogen-bond donors (Lipinski definition) is 0. The van der Waals surface area contributed by atoms with E-state index in [2.05, 4.69) is 6.07 Å². The molecule has 2 bridgehead atoms. The Balaban J connectivity index is 1.36. The standard InChI is InChI=1S/C19H23NO3/c21-18(20-9-3-5-14-4-1-2-6-17(14)20)12-23-19(22)16-11-13-7-8-15(16)10-13/h1-2,4,6,13,15-16H,3,5,7-12H2. The topological polar surface area (TPSA) is 46.6 Å². The Hall–Kier alpha value is -1.84. The van der Waals surface area contributed by atoms with Crippen LogP contribution in [0.3, 0.4) is 0 Å². The molecule has 0 radical (unpaired) electrons. The summed E-state index contributed by atoms with van der Waals surface area (Å²) in [5, 5.41) is 0. The molecule has 3 aliphatic rings. The molecule has 2 fully saturated rings. The molecule has 0 spiro atoms. The molecule has 1 aliphatic heterocycles. The van der Waals surface area contributed by atoms with Crippen molar-refractivity contribution in [2.45, 2.75) is 38.5 Å². The van der Waals surface area contributed by atoms with Crippen LogP contribution in [0, 0.1) is 17.8 Å². The third kappa shape index (κ3) is 2.75. The molecule has 3 atom stereocenters. The van der Waals surface area contributed by atoms with E-state index in [1.165, 1.54) is 18.4 Å². The van der Waals surface area contributed by atoms with Gasteiger partial charge in [0.1, 0.15) is 0 Å². The molecule has 2 aliphatic carbocycles. The van der Waals surface area contributed by atoms with Crippen molar-refractivity contribution in [1.29, 1.82) is 0 Å². The molecule has 0 aromatic heterocycles. The van der Waals surface area contributed by atoms with Crippen molar-refractivity contribution >= 4 is 17.6 Å². The molecular formula is C19H23NO3. The second-order valence-corrected chi connectivity index (χ2v) is 7.17. The zero-order chi connectivity index (χ0) is 15.8. The van der Waals surface area contributed by atoms with Gasteiger partial charge < -0.3 is 9.64 Å². The maximum Gasteiger partial charge on any atom is 0.309 e. The number of ether oxygens (including phenoxy) is 1. The second-order valence-electron chi connectivity index (χ2n) is 7.17. The maximum atomic E-state index is 12.5. The van der Waals surface area contributed by atoms with Crippen molar-refractivity contribution in [3.63, 3.8) is 0 Å². The van der Waals surface area contributed by atoms with Gasteiger partial charge in [-0.25, -0.2) is 0 Å². The van der Waals surface area contributed by atoms with Crippen LogP contribution in [-0.4, -0.2) is 25.0 Å². The molecule has 1 aromatic rings. The van der Waals surface area contributed by atoms with Gasteiger partial charge in [0.05, 0.1) is 5.92 Å². The lowest BCUT2D eigenvalue weighted by molar-refractivity contribution is -0.153. The summed E-state index contributed by atoms with van der Waals surface area (Å²) in [6.07, 6.45) is 6.52. The fraction of sp³-hybridized carbons (Fsp3) is 0.579. The maximum absolute atomic E-state index is 12.5. The van der Waals surface area contributed by atoms with Crippen molar-refractivity contribution in [3.8, 4) is 0 Å². The van der Waals surface area contributed by atoms with Gasteiger partial charge in [0.25, 0.3) is 5.91 Å². The number of benzene rings is 1. The van der Waals surface area contributed by atoms with Crippen LogP contribution in [0.25, 0.3) is 0 Å². The van der Waals surface area contributed by atoms with Gasteiger partial charge in [-0.1, -0.05) is 24.6 Å². The fourth-order valence-electron chi connectivity index (χ4n) is 4.64. The van der Waals surface area contributed by atoms with E-state index >= 15 is 0 Å². The zero-order valence-electron chi connectivity index (χ0n) is 13.4. The number of aryl methyl sites for hydroxylation is 1. The highest BCUT2D eigenvalue weighted by atomic mass is 16.5. The van der Waals surface area contributed by atoms with Crippen molar-refractivity contribution < 1.29 is 14.3 Å². The monoisotopic (exact) mass is 313 g/mol. The van der Waals surface area contributed by atoms with E-state index in [-0.39, 0.29) is 24.4 Å².